The van der Waals surface area contributed by atoms with E-state index in [1.54, 1.807) is 30.3 Å². The van der Waals surface area contributed by atoms with Crippen LogP contribution >= 0.6 is 11.6 Å². The van der Waals surface area contributed by atoms with Crippen LogP contribution in [0.15, 0.2) is 48.5 Å². The molecule has 10 heteroatoms. The third kappa shape index (κ3) is 9.18. The first-order chi connectivity index (χ1) is 14.8. The number of benzene rings is 2. The lowest BCUT2D eigenvalue weighted by Crippen LogP contribution is -2.43. The third-order valence-electron chi connectivity index (χ3n) is 3.97. The molecule has 0 radical (unpaired) electrons. The van der Waals surface area contributed by atoms with Crippen molar-refractivity contribution in [1.29, 1.82) is 0 Å². The number of anilines is 1. The fraction of sp³-hybridized carbons (Fsp3) is 0.238. The Morgan fingerprint density at radius 2 is 1.45 bits per heavy atom. The number of carbonyl (C=O) groups is 4. The standard InChI is InChI=1S/C21H23ClN4O5/c1-14-7-8-16(22)9-17(14)26-20(29)12-24-18(27)10-23-19(28)11-25-21(30)31-13-15-5-3-2-4-6-15/h2-9H,10-13H2,1H3,(H,23,28)(H,24,27)(H,25,30)(H,26,29). The molecule has 2 aromatic rings. The lowest BCUT2D eigenvalue weighted by Gasteiger charge is -2.10. The molecule has 0 spiro atoms. The van der Waals surface area contributed by atoms with E-state index in [0.29, 0.717) is 10.7 Å². The van der Waals surface area contributed by atoms with Gasteiger partial charge in [0.25, 0.3) is 0 Å². The molecule has 0 bridgehead atoms. The van der Waals surface area contributed by atoms with Crippen LogP contribution in [0.5, 0.6) is 0 Å². The van der Waals surface area contributed by atoms with E-state index in [9.17, 15) is 19.2 Å². The van der Waals surface area contributed by atoms with Gasteiger partial charge in [-0.15, -0.1) is 0 Å². The molecule has 0 unspecified atom stereocenters. The van der Waals surface area contributed by atoms with E-state index in [1.165, 1.54) is 0 Å². The van der Waals surface area contributed by atoms with Crippen molar-refractivity contribution in [1.82, 2.24) is 16.0 Å². The zero-order valence-corrected chi connectivity index (χ0v) is 17.6. The molecule has 2 aromatic carbocycles. The monoisotopic (exact) mass is 446 g/mol. The summed E-state index contributed by atoms with van der Waals surface area (Å²) in [6.45, 7) is 0.919. The Morgan fingerprint density at radius 3 is 2.13 bits per heavy atom. The molecule has 0 aliphatic rings. The molecule has 0 aliphatic heterocycles. The SMILES string of the molecule is Cc1ccc(Cl)cc1NC(=O)CNC(=O)CNC(=O)CNC(=O)OCc1ccccc1. The first-order valence-electron chi connectivity index (χ1n) is 9.37. The minimum atomic E-state index is -0.753. The lowest BCUT2D eigenvalue weighted by atomic mass is 10.2. The first-order valence-corrected chi connectivity index (χ1v) is 9.75. The molecule has 4 N–H and O–H groups in total. The maximum Gasteiger partial charge on any atom is 0.407 e. The Labute approximate surface area is 184 Å². The van der Waals surface area contributed by atoms with Gasteiger partial charge in [0.1, 0.15) is 13.2 Å². The van der Waals surface area contributed by atoms with Crippen molar-refractivity contribution < 1.29 is 23.9 Å². The zero-order chi connectivity index (χ0) is 22.6. The molecule has 2 rings (SSSR count). The van der Waals surface area contributed by atoms with Crippen molar-refractivity contribution in [3.8, 4) is 0 Å². The van der Waals surface area contributed by atoms with Gasteiger partial charge in [0.15, 0.2) is 0 Å². The van der Waals surface area contributed by atoms with E-state index in [2.05, 4.69) is 21.3 Å². The number of carbonyl (C=O) groups excluding carboxylic acids is 4. The second-order valence-electron chi connectivity index (χ2n) is 6.48. The van der Waals surface area contributed by atoms with Crippen LogP contribution in [0, 0.1) is 6.92 Å². The summed E-state index contributed by atoms with van der Waals surface area (Å²) in [6, 6.07) is 14.1. The van der Waals surface area contributed by atoms with Gasteiger partial charge in [0.2, 0.25) is 17.7 Å². The van der Waals surface area contributed by atoms with Gasteiger partial charge in [-0.1, -0.05) is 48.0 Å². The summed E-state index contributed by atoms with van der Waals surface area (Å²) >= 11 is 5.89. The van der Waals surface area contributed by atoms with Gasteiger partial charge in [0, 0.05) is 10.7 Å². The Kier molecular flexibility index (Phi) is 9.31. The fourth-order valence-electron chi connectivity index (χ4n) is 2.33. The Morgan fingerprint density at radius 1 is 0.839 bits per heavy atom. The number of rotatable bonds is 9. The van der Waals surface area contributed by atoms with E-state index in [-0.39, 0.29) is 26.2 Å². The Hall–Kier alpha value is -3.59. The number of hydrogen-bond donors (Lipinski definition) is 4. The van der Waals surface area contributed by atoms with Crippen molar-refractivity contribution in [2.75, 3.05) is 25.0 Å². The zero-order valence-electron chi connectivity index (χ0n) is 16.9. The van der Waals surface area contributed by atoms with Crippen LogP contribution in [0.2, 0.25) is 5.02 Å². The molecular weight excluding hydrogens is 424 g/mol. The topological polar surface area (TPSA) is 126 Å². The van der Waals surface area contributed by atoms with Gasteiger partial charge in [-0.05, 0) is 30.2 Å². The average molecular weight is 447 g/mol. The highest BCUT2D eigenvalue weighted by Gasteiger charge is 2.10. The van der Waals surface area contributed by atoms with Gasteiger partial charge < -0.3 is 26.0 Å². The van der Waals surface area contributed by atoms with Crippen LogP contribution in [-0.4, -0.2) is 43.4 Å². The summed E-state index contributed by atoms with van der Waals surface area (Å²) in [4.78, 5) is 47.0. The highest BCUT2D eigenvalue weighted by molar-refractivity contribution is 6.31. The summed E-state index contributed by atoms with van der Waals surface area (Å²) in [5, 5.41) is 10.1. The second kappa shape index (κ2) is 12.2. The minimum Gasteiger partial charge on any atom is -0.445 e. The summed E-state index contributed by atoms with van der Waals surface area (Å²) < 4.78 is 4.97. The van der Waals surface area contributed by atoms with Crippen molar-refractivity contribution in [3.05, 3.63) is 64.7 Å². The van der Waals surface area contributed by atoms with E-state index >= 15 is 0 Å². The van der Waals surface area contributed by atoms with Crippen LogP contribution in [0.1, 0.15) is 11.1 Å². The quantitative estimate of drug-likeness (QED) is 0.467. The van der Waals surface area contributed by atoms with Crippen LogP contribution < -0.4 is 21.3 Å². The molecule has 0 heterocycles. The Bertz CT molecular complexity index is 937. The third-order valence-corrected chi connectivity index (χ3v) is 4.21. The highest BCUT2D eigenvalue weighted by atomic mass is 35.5. The van der Waals surface area contributed by atoms with Gasteiger partial charge >= 0.3 is 6.09 Å². The molecule has 0 saturated heterocycles. The minimum absolute atomic E-state index is 0.0769. The predicted molar refractivity (Wildman–Crippen MR) is 115 cm³/mol. The van der Waals surface area contributed by atoms with Gasteiger partial charge in [-0.3, -0.25) is 14.4 Å². The van der Waals surface area contributed by atoms with E-state index < -0.39 is 23.8 Å². The maximum atomic E-state index is 11.9. The molecule has 0 saturated carbocycles. The summed E-state index contributed by atoms with van der Waals surface area (Å²) in [7, 11) is 0. The number of halogens is 1. The summed E-state index contributed by atoms with van der Waals surface area (Å²) in [5.74, 6) is -1.57. The first kappa shape index (κ1) is 23.7. The van der Waals surface area contributed by atoms with Crippen LogP contribution in [-0.2, 0) is 25.7 Å². The number of ether oxygens (including phenoxy) is 1. The number of alkyl carbamates (subject to hydrolysis) is 1. The Balaban J connectivity index is 1.59. The van der Waals surface area contributed by atoms with Crippen molar-refractivity contribution in [2.24, 2.45) is 0 Å². The maximum absolute atomic E-state index is 11.9. The molecule has 0 fully saturated rings. The van der Waals surface area contributed by atoms with Gasteiger partial charge in [0.05, 0.1) is 13.1 Å². The van der Waals surface area contributed by atoms with Crippen LogP contribution in [0.25, 0.3) is 0 Å². The fourth-order valence-corrected chi connectivity index (χ4v) is 2.50. The normalized spacial score (nSPS) is 10.0. The van der Waals surface area contributed by atoms with Crippen LogP contribution in [0.4, 0.5) is 10.5 Å². The smallest absolute Gasteiger partial charge is 0.407 e. The number of aryl methyl sites for hydroxylation is 1. The highest BCUT2D eigenvalue weighted by Crippen LogP contribution is 2.19. The van der Waals surface area contributed by atoms with E-state index in [4.69, 9.17) is 16.3 Å². The van der Waals surface area contributed by atoms with Crippen molar-refractivity contribution in [3.63, 3.8) is 0 Å². The molecule has 0 aromatic heterocycles. The molecular formula is C21H23ClN4O5. The van der Waals surface area contributed by atoms with Gasteiger partial charge in [-0.25, -0.2) is 4.79 Å². The van der Waals surface area contributed by atoms with Crippen molar-refractivity contribution >= 4 is 41.1 Å². The van der Waals surface area contributed by atoms with E-state index in [0.717, 1.165) is 11.1 Å². The molecule has 0 aliphatic carbocycles. The second-order valence-corrected chi connectivity index (χ2v) is 6.91. The van der Waals surface area contributed by atoms with Crippen molar-refractivity contribution in [2.45, 2.75) is 13.5 Å². The number of nitrogens with one attached hydrogen (secondary N) is 4. The molecule has 164 valence electrons. The largest absolute Gasteiger partial charge is 0.445 e. The lowest BCUT2D eigenvalue weighted by molar-refractivity contribution is -0.126. The molecule has 0 atom stereocenters. The predicted octanol–water partition coefficient (Wildman–Crippen LogP) is 1.75. The summed E-state index contributed by atoms with van der Waals surface area (Å²) in [6.07, 6.45) is -0.753. The summed E-state index contributed by atoms with van der Waals surface area (Å²) in [5.41, 5.74) is 2.18. The average Bonchev–Trinajstić information content (AvgIpc) is 2.76. The molecule has 9 nitrogen and oxygen atoms in total. The van der Waals surface area contributed by atoms with E-state index in [1.807, 2.05) is 25.1 Å². The molecule has 4 amide bonds. The molecule has 31 heavy (non-hydrogen) atoms. The number of hydrogen-bond acceptors (Lipinski definition) is 5. The van der Waals surface area contributed by atoms with Crippen LogP contribution in [0.3, 0.4) is 0 Å². The van der Waals surface area contributed by atoms with Gasteiger partial charge in [-0.2, -0.15) is 0 Å². The number of amides is 4.